The van der Waals surface area contributed by atoms with Crippen molar-refractivity contribution < 1.29 is 8.42 Å². The van der Waals surface area contributed by atoms with Gasteiger partial charge >= 0.3 is 0 Å². The van der Waals surface area contributed by atoms with Gasteiger partial charge in [-0.25, -0.2) is 8.42 Å². The zero-order chi connectivity index (χ0) is 15.3. The molecule has 114 valence electrons. The van der Waals surface area contributed by atoms with Gasteiger partial charge in [0.05, 0.1) is 10.9 Å². The van der Waals surface area contributed by atoms with Crippen molar-refractivity contribution >= 4 is 10.0 Å². The van der Waals surface area contributed by atoms with Gasteiger partial charge in [0.15, 0.2) is 0 Å². The molecule has 3 aliphatic rings. The van der Waals surface area contributed by atoms with Gasteiger partial charge in [-0.2, -0.15) is 0 Å². The third-order valence-corrected chi connectivity index (χ3v) is 6.65. The molecule has 0 spiro atoms. The lowest BCUT2D eigenvalue weighted by Crippen LogP contribution is -2.37. The van der Waals surface area contributed by atoms with E-state index in [2.05, 4.69) is 6.08 Å². The van der Waals surface area contributed by atoms with E-state index in [1.54, 1.807) is 16.4 Å². The third kappa shape index (κ3) is 1.97. The number of hydrogen-bond donors (Lipinski definition) is 0. The van der Waals surface area contributed by atoms with E-state index in [1.807, 2.05) is 37.4 Å². The fourth-order valence-electron chi connectivity index (χ4n) is 3.76. The Morgan fingerprint density at radius 3 is 2.59 bits per heavy atom. The van der Waals surface area contributed by atoms with Gasteiger partial charge in [-0.05, 0) is 43.9 Å². The molecule has 4 rings (SSSR count). The highest BCUT2D eigenvalue weighted by Crippen LogP contribution is 2.46. The predicted molar refractivity (Wildman–Crippen MR) is 86.6 cm³/mol. The van der Waals surface area contributed by atoms with E-state index in [0.717, 1.165) is 24.8 Å². The van der Waals surface area contributed by atoms with Gasteiger partial charge in [0.25, 0.3) is 10.0 Å². The Morgan fingerprint density at radius 1 is 1.09 bits per heavy atom. The Morgan fingerprint density at radius 2 is 1.82 bits per heavy atom. The minimum atomic E-state index is -3.49. The molecule has 4 heteroatoms. The second kappa shape index (κ2) is 4.85. The summed E-state index contributed by atoms with van der Waals surface area (Å²) in [6.45, 7) is 1.96. The van der Waals surface area contributed by atoms with Gasteiger partial charge in [0.1, 0.15) is 0 Å². The molecule has 0 amide bonds. The zero-order valence-electron chi connectivity index (χ0n) is 12.6. The zero-order valence-corrected chi connectivity index (χ0v) is 13.4. The Labute approximate surface area is 131 Å². The molecule has 1 aromatic carbocycles. The summed E-state index contributed by atoms with van der Waals surface area (Å²) in [6, 6.07) is 7.03. The molecule has 0 bridgehead atoms. The number of aryl methyl sites for hydroxylation is 1. The van der Waals surface area contributed by atoms with Crippen LogP contribution in [0.1, 0.15) is 24.8 Å². The van der Waals surface area contributed by atoms with E-state index in [0.29, 0.717) is 4.90 Å². The molecule has 2 aliphatic carbocycles. The number of hydrogen-bond acceptors (Lipinski definition) is 2. The van der Waals surface area contributed by atoms with Crippen LogP contribution in [0.2, 0.25) is 0 Å². The third-order valence-electron chi connectivity index (χ3n) is 4.87. The fraction of sp³-hybridized carbons (Fsp3) is 0.333. The Balaban J connectivity index is 1.77. The Hall–Kier alpha value is -1.81. The van der Waals surface area contributed by atoms with Crippen molar-refractivity contribution in [3.8, 4) is 0 Å². The minimum Gasteiger partial charge on any atom is -0.266 e. The van der Waals surface area contributed by atoms with E-state index in [-0.39, 0.29) is 12.0 Å². The number of rotatable bonds is 2. The average molecular weight is 313 g/mol. The van der Waals surface area contributed by atoms with E-state index in [4.69, 9.17) is 0 Å². The van der Waals surface area contributed by atoms with Gasteiger partial charge in [-0.3, -0.25) is 4.31 Å². The van der Waals surface area contributed by atoms with Crippen LogP contribution in [0.3, 0.4) is 0 Å². The van der Waals surface area contributed by atoms with Gasteiger partial charge in [0, 0.05) is 12.1 Å². The first kappa shape index (κ1) is 13.8. The summed E-state index contributed by atoms with van der Waals surface area (Å²) < 4.78 is 27.6. The van der Waals surface area contributed by atoms with Crippen molar-refractivity contribution in [3.63, 3.8) is 0 Å². The molecule has 3 nitrogen and oxygen atoms in total. The fourth-order valence-corrected chi connectivity index (χ4v) is 5.27. The Kier molecular flexibility index (Phi) is 3.05. The van der Waals surface area contributed by atoms with Gasteiger partial charge in [-0.1, -0.05) is 41.5 Å². The van der Waals surface area contributed by atoms with E-state index in [9.17, 15) is 8.42 Å². The van der Waals surface area contributed by atoms with Gasteiger partial charge < -0.3 is 0 Å². The first-order chi connectivity index (χ1) is 10.6. The predicted octanol–water partition coefficient (Wildman–Crippen LogP) is 3.55. The molecular formula is C18H19NO2S. The normalized spacial score (nSPS) is 26.5. The number of nitrogens with zero attached hydrogens (tertiary/aromatic N) is 1. The average Bonchev–Trinajstić information content (AvgIpc) is 2.90. The molecule has 1 fully saturated rings. The molecule has 2 atom stereocenters. The van der Waals surface area contributed by atoms with Crippen molar-refractivity contribution in [2.75, 3.05) is 0 Å². The molecule has 0 saturated heterocycles. The minimum absolute atomic E-state index is 0.0818. The van der Waals surface area contributed by atoms with Gasteiger partial charge in [-0.15, -0.1) is 0 Å². The largest absolute Gasteiger partial charge is 0.266 e. The van der Waals surface area contributed by atoms with Crippen LogP contribution in [0.15, 0.2) is 64.7 Å². The van der Waals surface area contributed by atoms with Crippen LogP contribution in [-0.2, 0) is 10.0 Å². The molecule has 22 heavy (non-hydrogen) atoms. The van der Waals surface area contributed by atoms with Crippen molar-refractivity contribution in [2.45, 2.75) is 37.1 Å². The van der Waals surface area contributed by atoms with Crippen LogP contribution in [-0.4, -0.2) is 18.8 Å². The van der Waals surface area contributed by atoms with Crippen LogP contribution >= 0.6 is 0 Å². The van der Waals surface area contributed by atoms with Crippen LogP contribution < -0.4 is 0 Å². The maximum atomic E-state index is 13.0. The number of allylic oxidation sites excluding steroid dienone is 2. The molecule has 0 radical (unpaired) electrons. The van der Waals surface area contributed by atoms with Crippen molar-refractivity contribution in [1.82, 2.24) is 4.31 Å². The number of sulfonamides is 1. The van der Waals surface area contributed by atoms with Gasteiger partial charge in [0.2, 0.25) is 0 Å². The molecule has 0 aromatic heterocycles. The van der Waals surface area contributed by atoms with E-state index >= 15 is 0 Å². The standard InChI is InChI=1S/C18H19NO2S/c1-13-8-10-16(11-9-13)22(20,21)19-12-15-6-2-4-14-5-3-7-17(19)18(14)15/h3,5,7-12,17-18H,2,4,6H2,1H3/t17-,18-/m0/s1. The maximum Gasteiger partial charge on any atom is 0.264 e. The van der Waals surface area contributed by atoms with E-state index in [1.165, 1.54) is 11.1 Å². The molecule has 1 saturated carbocycles. The first-order valence-electron chi connectivity index (χ1n) is 7.75. The highest BCUT2D eigenvalue weighted by atomic mass is 32.2. The highest BCUT2D eigenvalue weighted by molar-refractivity contribution is 7.89. The molecule has 0 unspecified atom stereocenters. The number of benzene rings is 1. The lowest BCUT2D eigenvalue weighted by molar-refractivity contribution is 0.413. The summed E-state index contributed by atoms with van der Waals surface area (Å²) in [5.41, 5.74) is 3.71. The summed E-state index contributed by atoms with van der Waals surface area (Å²) in [4.78, 5) is 0.373. The molecule has 0 N–H and O–H groups in total. The second-order valence-electron chi connectivity index (χ2n) is 6.30. The van der Waals surface area contributed by atoms with Crippen LogP contribution in [0.4, 0.5) is 0 Å². The maximum absolute atomic E-state index is 13.0. The first-order valence-corrected chi connectivity index (χ1v) is 9.19. The lowest BCUT2D eigenvalue weighted by Gasteiger charge is -2.33. The Bertz CT molecular complexity index is 800. The SMILES string of the molecule is Cc1ccc(S(=O)(=O)N2C=C3CCCC4=CC=C[C@H]2[C@@H]43)cc1. The summed E-state index contributed by atoms with van der Waals surface area (Å²) in [7, 11) is -3.49. The summed E-state index contributed by atoms with van der Waals surface area (Å²) in [6.07, 6.45) is 11.3. The topological polar surface area (TPSA) is 37.4 Å². The summed E-state index contributed by atoms with van der Waals surface area (Å²) >= 11 is 0. The van der Waals surface area contributed by atoms with E-state index < -0.39 is 10.0 Å². The van der Waals surface area contributed by atoms with Crippen LogP contribution in [0.5, 0.6) is 0 Å². The van der Waals surface area contributed by atoms with Crippen LogP contribution in [0, 0.1) is 12.8 Å². The van der Waals surface area contributed by atoms with Crippen molar-refractivity contribution in [2.24, 2.45) is 5.92 Å². The highest BCUT2D eigenvalue weighted by Gasteiger charge is 2.43. The molecule has 1 heterocycles. The second-order valence-corrected chi connectivity index (χ2v) is 8.14. The summed E-state index contributed by atoms with van der Waals surface area (Å²) in [5.74, 6) is 0.263. The summed E-state index contributed by atoms with van der Waals surface area (Å²) in [5, 5.41) is 0. The molecule has 1 aromatic rings. The monoisotopic (exact) mass is 313 g/mol. The van der Waals surface area contributed by atoms with Crippen molar-refractivity contribution in [3.05, 3.63) is 65.4 Å². The lowest BCUT2D eigenvalue weighted by atomic mass is 9.76. The molecular weight excluding hydrogens is 294 g/mol. The quantitative estimate of drug-likeness (QED) is 0.837. The smallest absolute Gasteiger partial charge is 0.264 e. The van der Waals surface area contributed by atoms with Crippen LogP contribution in [0.25, 0.3) is 0 Å². The van der Waals surface area contributed by atoms with Crippen molar-refractivity contribution in [1.29, 1.82) is 0 Å². The molecule has 1 aliphatic heterocycles.